The van der Waals surface area contributed by atoms with Crippen LogP contribution in [-0.2, 0) is 0 Å². The molecule has 1 aliphatic rings. The molecule has 0 aliphatic carbocycles. The highest BCUT2D eigenvalue weighted by atomic mass is 79.9. The van der Waals surface area contributed by atoms with Crippen molar-refractivity contribution in [2.24, 2.45) is 0 Å². The van der Waals surface area contributed by atoms with Gasteiger partial charge in [0, 0.05) is 42.4 Å². The zero-order valence-corrected chi connectivity index (χ0v) is 15.7. The molecule has 0 bridgehead atoms. The molecule has 2 aromatic rings. The SMILES string of the molecule is CSc1nc(Nc2ccc(Br)cc2)cc(N2CCN(C)CC2)n1. The van der Waals surface area contributed by atoms with Gasteiger partial charge in [0.25, 0.3) is 0 Å². The van der Waals surface area contributed by atoms with E-state index in [1.54, 1.807) is 11.8 Å². The minimum atomic E-state index is 0.793. The number of benzene rings is 1. The van der Waals surface area contributed by atoms with Crippen molar-refractivity contribution >= 4 is 45.0 Å². The molecule has 0 amide bonds. The molecule has 0 unspecified atom stereocenters. The predicted octanol–water partition coefficient (Wildman–Crippen LogP) is 3.46. The van der Waals surface area contributed by atoms with Crippen LogP contribution in [0.1, 0.15) is 0 Å². The Kier molecular flexibility index (Phi) is 5.40. The van der Waals surface area contributed by atoms with Crippen molar-refractivity contribution in [1.82, 2.24) is 14.9 Å². The highest BCUT2D eigenvalue weighted by Crippen LogP contribution is 2.24. The van der Waals surface area contributed by atoms with Crippen LogP contribution in [0.25, 0.3) is 0 Å². The van der Waals surface area contributed by atoms with Gasteiger partial charge in [-0.15, -0.1) is 0 Å². The van der Waals surface area contributed by atoms with Crippen LogP contribution in [-0.4, -0.2) is 54.4 Å². The number of piperazine rings is 1. The molecule has 2 heterocycles. The number of halogens is 1. The van der Waals surface area contributed by atoms with Crippen LogP contribution in [0, 0.1) is 0 Å². The van der Waals surface area contributed by atoms with Gasteiger partial charge in [-0.25, -0.2) is 9.97 Å². The maximum absolute atomic E-state index is 4.67. The first-order chi connectivity index (χ1) is 11.1. The second kappa shape index (κ2) is 7.51. The number of likely N-dealkylation sites (N-methyl/N-ethyl adjacent to an activating group) is 1. The van der Waals surface area contributed by atoms with Crippen molar-refractivity contribution in [3.8, 4) is 0 Å². The lowest BCUT2D eigenvalue weighted by atomic mass is 10.3. The van der Waals surface area contributed by atoms with Crippen LogP contribution in [0.3, 0.4) is 0 Å². The van der Waals surface area contributed by atoms with Gasteiger partial charge in [0.05, 0.1) is 0 Å². The number of anilines is 3. The van der Waals surface area contributed by atoms with Gasteiger partial charge < -0.3 is 15.1 Å². The zero-order valence-electron chi connectivity index (χ0n) is 13.3. The summed E-state index contributed by atoms with van der Waals surface area (Å²) < 4.78 is 1.06. The third kappa shape index (κ3) is 4.37. The van der Waals surface area contributed by atoms with E-state index < -0.39 is 0 Å². The van der Waals surface area contributed by atoms with E-state index in [4.69, 9.17) is 0 Å². The highest BCUT2D eigenvalue weighted by molar-refractivity contribution is 9.10. The van der Waals surface area contributed by atoms with Crippen LogP contribution in [0.15, 0.2) is 40.0 Å². The summed E-state index contributed by atoms with van der Waals surface area (Å²) in [7, 11) is 2.16. The van der Waals surface area contributed by atoms with E-state index in [1.807, 2.05) is 36.6 Å². The first kappa shape index (κ1) is 16.5. The van der Waals surface area contributed by atoms with Crippen LogP contribution in [0.4, 0.5) is 17.3 Å². The van der Waals surface area contributed by atoms with E-state index in [9.17, 15) is 0 Å². The van der Waals surface area contributed by atoms with Crippen molar-refractivity contribution in [2.75, 3.05) is 49.7 Å². The van der Waals surface area contributed by atoms with Crippen molar-refractivity contribution in [3.05, 3.63) is 34.8 Å². The molecule has 0 spiro atoms. The maximum Gasteiger partial charge on any atom is 0.191 e. The van der Waals surface area contributed by atoms with Gasteiger partial charge in [-0.1, -0.05) is 27.7 Å². The van der Waals surface area contributed by atoms with E-state index in [0.717, 1.165) is 53.1 Å². The van der Waals surface area contributed by atoms with Gasteiger partial charge in [-0.3, -0.25) is 0 Å². The molecule has 1 aromatic heterocycles. The summed E-state index contributed by atoms with van der Waals surface area (Å²) in [6, 6.07) is 10.1. The second-order valence-corrected chi connectivity index (χ2v) is 7.21. The maximum atomic E-state index is 4.67. The van der Waals surface area contributed by atoms with E-state index >= 15 is 0 Å². The number of nitrogens with zero attached hydrogens (tertiary/aromatic N) is 4. The summed E-state index contributed by atoms with van der Waals surface area (Å²) in [6.07, 6.45) is 2.01. The lowest BCUT2D eigenvalue weighted by Gasteiger charge is -2.33. The molecular weight excluding hydrogens is 374 g/mol. The monoisotopic (exact) mass is 393 g/mol. The van der Waals surface area contributed by atoms with Gasteiger partial charge in [-0.05, 0) is 37.6 Å². The number of hydrogen-bond donors (Lipinski definition) is 1. The highest BCUT2D eigenvalue weighted by Gasteiger charge is 2.17. The lowest BCUT2D eigenvalue weighted by molar-refractivity contribution is 0.312. The third-order valence-electron chi connectivity index (χ3n) is 3.82. The average molecular weight is 394 g/mol. The van der Waals surface area contributed by atoms with Crippen LogP contribution >= 0.6 is 27.7 Å². The van der Waals surface area contributed by atoms with Crippen LogP contribution < -0.4 is 10.2 Å². The summed E-state index contributed by atoms with van der Waals surface area (Å²) in [5, 5.41) is 4.16. The van der Waals surface area contributed by atoms with E-state index in [1.165, 1.54) is 0 Å². The number of nitrogens with one attached hydrogen (secondary N) is 1. The quantitative estimate of drug-likeness (QED) is 0.633. The largest absolute Gasteiger partial charge is 0.354 e. The molecule has 1 N–H and O–H groups in total. The predicted molar refractivity (Wildman–Crippen MR) is 101 cm³/mol. The van der Waals surface area contributed by atoms with E-state index in [-0.39, 0.29) is 0 Å². The first-order valence-electron chi connectivity index (χ1n) is 7.53. The Labute approximate surface area is 149 Å². The molecule has 0 saturated carbocycles. The molecule has 1 fully saturated rings. The Morgan fingerprint density at radius 2 is 1.78 bits per heavy atom. The van der Waals surface area contributed by atoms with Crippen LogP contribution in [0.5, 0.6) is 0 Å². The molecule has 1 aliphatic heterocycles. The van der Waals surface area contributed by atoms with Crippen molar-refractivity contribution in [1.29, 1.82) is 0 Å². The molecule has 7 heteroatoms. The summed E-state index contributed by atoms with van der Waals surface area (Å²) in [5.74, 6) is 1.83. The van der Waals surface area contributed by atoms with Crippen molar-refractivity contribution in [3.63, 3.8) is 0 Å². The van der Waals surface area contributed by atoms with Gasteiger partial charge in [0.15, 0.2) is 5.16 Å². The fraction of sp³-hybridized carbons (Fsp3) is 0.375. The fourth-order valence-electron chi connectivity index (χ4n) is 2.45. The van der Waals surface area contributed by atoms with Gasteiger partial charge >= 0.3 is 0 Å². The summed E-state index contributed by atoms with van der Waals surface area (Å²) >= 11 is 5.02. The Bertz CT molecular complexity index is 656. The zero-order chi connectivity index (χ0) is 16.2. The van der Waals surface area contributed by atoms with Gasteiger partial charge in [0.2, 0.25) is 0 Å². The molecule has 0 atom stereocenters. The third-order valence-corrected chi connectivity index (χ3v) is 4.89. The topological polar surface area (TPSA) is 44.3 Å². The Balaban J connectivity index is 1.82. The summed E-state index contributed by atoms with van der Waals surface area (Å²) in [5.41, 5.74) is 1.02. The van der Waals surface area contributed by atoms with E-state index in [2.05, 4.69) is 48.1 Å². The van der Waals surface area contributed by atoms with E-state index in [0.29, 0.717) is 0 Å². The molecule has 23 heavy (non-hydrogen) atoms. The Morgan fingerprint density at radius 3 is 2.43 bits per heavy atom. The normalized spacial score (nSPS) is 15.7. The summed E-state index contributed by atoms with van der Waals surface area (Å²) in [4.78, 5) is 13.9. The second-order valence-electron chi connectivity index (χ2n) is 5.52. The molecule has 0 radical (unpaired) electrons. The molecule has 3 rings (SSSR count). The molecule has 1 aromatic carbocycles. The average Bonchev–Trinajstić information content (AvgIpc) is 2.57. The summed E-state index contributed by atoms with van der Waals surface area (Å²) in [6.45, 7) is 4.13. The van der Waals surface area contributed by atoms with Gasteiger partial charge in [0.1, 0.15) is 11.6 Å². The van der Waals surface area contributed by atoms with Crippen LogP contribution in [0.2, 0.25) is 0 Å². The minimum Gasteiger partial charge on any atom is -0.354 e. The first-order valence-corrected chi connectivity index (χ1v) is 9.55. The molecular formula is C16H20BrN5S. The number of rotatable bonds is 4. The molecule has 122 valence electrons. The van der Waals surface area contributed by atoms with Crippen molar-refractivity contribution < 1.29 is 0 Å². The Hall–Kier alpha value is -1.31. The number of hydrogen-bond acceptors (Lipinski definition) is 6. The smallest absolute Gasteiger partial charge is 0.191 e. The molecule has 5 nitrogen and oxygen atoms in total. The van der Waals surface area contributed by atoms with Gasteiger partial charge in [-0.2, -0.15) is 0 Å². The number of aromatic nitrogens is 2. The Morgan fingerprint density at radius 1 is 1.09 bits per heavy atom. The minimum absolute atomic E-state index is 0.793. The number of thioether (sulfide) groups is 1. The van der Waals surface area contributed by atoms with Crippen molar-refractivity contribution in [2.45, 2.75) is 5.16 Å². The fourth-order valence-corrected chi connectivity index (χ4v) is 3.09. The molecule has 1 saturated heterocycles. The lowest BCUT2D eigenvalue weighted by Crippen LogP contribution is -2.44. The standard InChI is InChI=1S/C16H20BrN5S/c1-21-7-9-22(10-8-21)15-11-14(19-16(20-15)23-2)18-13-5-3-12(17)4-6-13/h3-6,11H,7-10H2,1-2H3,(H,18,19,20).